The molecular weight excluding hydrogens is 294 g/mol. The normalized spacial score (nSPS) is 11.6. The van der Waals surface area contributed by atoms with E-state index in [9.17, 15) is 14.4 Å². The lowest BCUT2D eigenvalue weighted by molar-refractivity contribution is -0.147. The van der Waals surface area contributed by atoms with Crippen LogP contribution >= 0.6 is 11.8 Å². The maximum absolute atomic E-state index is 12.2. The molecule has 0 bridgehead atoms. The molecule has 0 spiro atoms. The Morgan fingerprint density at radius 1 is 1.38 bits per heavy atom. The van der Waals surface area contributed by atoms with Gasteiger partial charge in [0, 0.05) is 10.5 Å². The molecule has 0 aromatic heterocycles. The molecule has 0 heterocycles. The van der Waals surface area contributed by atoms with Crippen LogP contribution in [0.5, 0.6) is 0 Å². The summed E-state index contributed by atoms with van der Waals surface area (Å²) in [6.45, 7) is 1.76. The minimum Gasteiger partial charge on any atom is -0.480 e. The predicted octanol–water partition coefficient (Wildman–Crippen LogP) is 1.46. The molecule has 0 fully saturated rings. The molecule has 6 nitrogen and oxygen atoms in total. The lowest BCUT2D eigenvalue weighted by Crippen LogP contribution is -2.42. The van der Waals surface area contributed by atoms with Crippen molar-refractivity contribution in [2.24, 2.45) is 0 Å². The molecular formula is C14H17NO5S. The van der Waals surface area contributed by atoms with E-state index in [4.69, 9.17) is 5.11 Å². The van der Waals surface area contributed by atoms with Gasteiger partial charge in [-0.15, -0.1) is 11.8 Å². The first-order valence-corrected chi connectivity index (χ1v) is 7.36. The topological polar surface area (TPSA) is 92.7 Å². The SMILES string of the molecule is COC(=O)C[C@H](NC(=O)c1cc(SC)ccc1C)C(=O)O. The molecule has 1 atom stereocenters. The smallest absolute Gasteiger partial charge is 0.326 e. The summed E-state index contributed by atoms with van der Waals surface area (Å²) in [7, 11) is 1.16. The third-order valence-electron chi connectivity index (χ3n) is 2.89. The molecule has 0 unspecified atom stereocenters. The number of amides is 1. The van der Waals surface area contributed by atoms with Crippen LogP contribution in [0.25, 0.3) is 0 Å². The Morgan fingerprint density at radius 3 is 2.57 bits per heavy atom. The highest BCUT2D eigenvalue weighted by Crippen LogP contribution is 2.19. The Kier molecular flexibility index (Phi) is 6.23. The lowest BCUT2D eigenvalue weighted by Gasteiger charge is -2.14. The number of esters is 1. The zero-order valence-corrected chi connectivity index (χ0v) is 12.8. The summed E-state index contributed by atoms with van der Waals surface area (Å²) in [5.74, 6) is -2.51. The molecule has 0 aliphatic rings. The van der Waals surface area contributed by atoms with Crippen molar-refractivity contribution in [2.45, 2.75) is 24.3 Å². The van der Waals surface area contributed by atoms with E-state index in [1.54, 1.807) is 19.1 Å². The standard InChI is InChI=1S/C14H17NO5S/c1-8-4-5-9(21-3)6-10(8)13(17)15-11(14(18)19)7-12(16)20-2/h4-6,11H,7H2,1-3H3,(H,15,17)(H,18,19)/t11-/m0/s1. The Hall–Kier alpha value is -2.02. The second-order valence-electron chi connectivity index (χ2n) is 4.33. The van der Waals surface area contributed by atoms with Crippen LogP contribution in [-0.4, -0.2) is 42.4 Å². The third-order valence-corrected chi connectivity index (χ3v) is 3.62. The number of rotatable bonds is 6. The predicted molar refractivity (Wildman–Crippen MR) is 78.5 cm³/mol. The van der Waals surface area contributed by atoms with E-state index >= 15 is 0 Å². The Labute approximate surface area is 126 Å². The van der Waals surface area contributed by atoms with E-state index < -0.39 is 30.3 Å². The highest BCUT2D eigenvalue weighted by molar-refractivity contribution is 7.98. The molecule has 0 aliphatic carbocycles. The Morgan fingerprint density at radius 2 is 2.05 bits per heavy atom. The molecule has 114 valence electrons. The van der Waals surface area contributed by atoms with E-state index in [1.807, 2.05) is 12.3 Å². The van der Waals surface area contributed by atoms with Gasteiger partial charge < -0.3 is 15.2 Å². The molecule has 1 amide bonds. The maximum Gasteiger partial charge on any atom is 0.326 e. The van der Waals surface area contributed by atoms with Crippen LogP contribution in [0, 0.1) is 6.92 Å². The number of aryl methyl sites for hydroxylation is 1. The summed E-state index contributed by atoms with van der Waals surface area (Å²) in [5.41, 5.74) is 1.12. The van der Waals surface area contributed by atoms with Gasteiger partial charge in [-0.3, -0.25) is 9.59 Å². The highest BCUT2D eigenvalue weighted by Gasteiger charge is 2.24. The van der Waals surface area contributed by atoms with E-state index in [-0.39, 0.29) is 0 Å². The van der Waals surface area contributed by atoms with Crippen molar-refractivity contribution < 1.29 is 24.2 Å². The molecule has 1 aromatic rings. The van der Waals surface area contributed by atoms with Gasteiger partial charge in [-0.25, -0.2) is 4.79 Å². The minimum atomic E-state index is -1.32. The lowest BCUT2D eigenvalue weighted by atomic mass is 10.1. The largest absolute Gasteiger partial charge is 0.480 e. The van der Waals surface area contributed by atoms with Gasteiger partial charge in [-0.1, -0.05) is 6.07 Å². The number of hydrogen-bond acceptors (Lipinski definition) is 5. The fourth-order valence-electron chi connectivity index (χ4n) is 1.66. The number of hydrogen-bond donors (Lipinski definition) is 2. The minimum absolute atomic E-state index is 0.387. The van der Waals surface area contributed by atoms with Gasteiger partial charge in [0.15, 0.2) is 0 Å². The molecule has 2 N–H and O–H groups in total. The van der Waals surface area contributed by atoms with Gasteiger partial charge >= 0.3 is 11.9 Å². The van der Waals surface area contributed by atoms with Crippen molar-refractivity contribution in [2.75, 3.05) is 13.4 Å². The molecule has 0 saturated carbocycles. The number of benzene rings is 1. The Bertz CT molecular complexity index is 558. The van der Waals surface area contributed by atoms with Crippen LogP contribution < -0.4 is 5.32 Å². The van der Waals surface area contributed by atoms with Crippen LogP contribution in [0.15, 0.2) is 23.1 Å². The van der Waals surface area contributed by atoms with Crippen molar-refractivity contribution in [3.05, 3.63) is 29.3 Å². The second kappa shape index (κ2) is 7.68. The van der Waals surface area contributed by atoms with Crippen LogP contribution in [-0.2, 0) is 14.3 Å². The van der Waals surface area contributed by atoms with Crippen LogP contribution in [0.1, 0.15) is 22.3 Å². The summed E-state index contributed by atoms with van der Waals surface area (Å²) in [6.07, 6.45) is 1.46. The van der Waals surface area contributed by atoms with E-state index in [0.29, 0.717) is 5.56 Å². The number of thioether (sulfide) groups is 1. The summed E-state index contributed by atoms with van der Waals surface area (Å²) >= 11 is 1.48. The van der Waals surface area contributed by atoms with Gasteiger partial charge in [0.2, 0.25) is 0 Å². The van der Waals surface area contributed by atoms with E-state index in [1.165, 1.54) is 11.8 Å². The number of carbonyl (C=O) groups excluding carboxylic acids is 2. The molecule has 1 aromatic carbocycles. The van der Waals surface area contributed by atoms with Crippen molar-refractivity contribution in [1.82, 2.24) is 5.32 Å². The number of ether oxygens (including phenoxy) is 1. The third kappa shape index (κ3) is 4.78. The Balaban J connectivity index is 2.91. The average Bonchev–Trinajstić information content (AvgIpc) is 2.46. The average molecular weight is 311 g/mol. The number of carbonyl (C=O) groups is 3. The van der Waals surface area contributed by atoms with Crippen LogP contribution in [0.2, 0.25) is 0 Å². The summed E-state index contributed by atoms with van der Waals surface area (Å²) in [5, 5.41) is 11.4. The molecule has 7 heteroatoms. The van der Waals surface area contributed by atoms with E-state index in [2.05, 4.69) is 10.1 Å². The summed E-state index contributed by atoms with van der Waals surface area (Å²) in [4.78, 5) is 35.3. The number of methoxy groups -OCH3 is 1. The van der Waals surface area contributed by atoms with Crippen molar-refractivity contribution in [3.8, 4) is 0 Å². The number of carboxylic acids is 1. The fraction of sp³-hybridized carbons (Fsp3) is 0.357. The highest BCUT2D eigenvalue weighted by atomic mass is 32.2. The summed E-state index contributed by atoms with van der Waals surface area (Å²) < 4.78 is 4.42. The molecule has 0 radical (unpaired) electrons. The monoisotopic (exact) mass is 311 g/mol. The van der Waals surface area contributed by atoms with E-state index in [0.717, 1.165) is 17.6 Å². The van der Waals surface area contributed by atoms with Gasteiger partial charge in [-0.05, 0) is 30.9 Å². The first kappa shape index (κ1) is 17.0. The van der Waals surface area contributed by atoms with Crippen LogP contribution in [0.4, 0.5) is 0 Å². The van der Waals surface area contributed by atoms with Gasteiger partial charge in [0.25, 0.3) is 5.91 Å². The van der Waals surface area contributed by atoms with Crippen molar-refractivity contribution in [3.63, 3.8) is 0 Å². The van der Waals surface area contributed by atoms with Gasteiger partial charge in [0.1, 0.15) is 6.04 Å². The zero-order chi connectivity index (χ0) is 16.0. The number of nitrogens with one attached hydrogen (secondary N) is 1. The first-order chi connectivity index (χ1) is 9.88. The number of carboxylic acid groups (broad SMARTS) is 1. The first-order valence-electron chi connectivity index (χ1n) is 6.14. The molecule has 0 saturated heterocycles. The quantitative estimate of drug-likeness (QED) is 0.610. The van der Waals surface area contributed by atoms with Crippen LogP contribution in [0.3, 0.4) is 0 Å². The van der Waals surface area contributed by atoms with Gasteiger partial charge in [0.05, 0.1) is 13.5 Å². The van der Waals surface area contributed by atoms with Crippen molar-refractivity contribution >= 4 is 29.6 Å². The zero-order valence-electron chi connectivity index (χ0n) is 12.0. The molecule has 0 aliphatic heterocycles. The maximum atomic E-state index is 12.2. The molecule has 1 rings (SSSR count). The summed E-state index contributed by atoms with van der Waals surface area (Å²) in [6, 6.07) is 4.03. The second-order valence-corrected chi connectivity index (χ2v) is 5.21. The number of aliphatic carboxylic acids is 1. The van der Waals surface area contributed by atoms with Crippen molar-refractivity contribution in [1.29, 1.82) is 0 Å². The molecule has 21 heavy (non-hydrogen) atoms. The fourth-order valence-corrected chi connectivity index (χ4v) is 2.10. The van der Waals surface area contributed by atoms with Gasteiger partial charge in [-0.2, -0.15) is 0 Å².